The first-order valence-corrected chi connectivity index (χ1v) is 4.80. The minimum absolute atomic E-state index is 0.170. The number of hydrogen-bond acceptors (Lipinski definition) is 2. The second kappa shape index (κ2) is 5.73. The number of nitrogens with one attached hydrogen (secondary N) is 1. The molecule has 1 aromatic rings. The molecule has 0 aliphatic heterocycles. The molecule has 2 nitrogen and oxygen atoms in total. The molecule has 0 aliphatic rings. The van der Waals surface area contributed by atoms with Crippen molar-refractivity contribution in [1.29, 1.82) is 0 Å². The molecule has 0 fully saturated rings. The lowest BCUT2D eigenvalue weighted by Crippen LogP contribution is -2.16. The zero-order valence-electron chi connectivity index (χ0n) is 8.39. The minimum Gasteiger partial charge on any atom is -0.396 e. The summed E-state index contributed by atoms with van der Waals surface area (Å²) in [5.41, 5.74) is 1.74. The Morgan fingerprint density at radius 2 is 2.21 bits per heavy atom. The smallest absolute Gasteiger partial charge is 0.127 e. The van der Waals surface area contributed by atoms with Crippen molar-refractivity contribution in [3.63, 3.8) is 0 Å². The van der Waals surface area contributed by atoms with Gasteiger partial charge in [0.15, 0.2) is 0 Å². The summed E-state index contributed by atoms with van der Waals surface area (Å²) in [7, 11) is 0. The number of aliphatic hydroxyl groups excluding tert-OH is 1. The first-order valence-electron chi connectivity index (χ1n) is 4.80. The molecule has 0 aromatic heterocycles. The number of halogens is 1. The van der Waals surface area contributed by atoms with Crippen molar-refractivity contribution in [2.24, 2.45) is 0 Å². The Morgan fingerprint density at radius 3 is 2.93 bits per heavy atom. The predicted octanol–water partition coefficient (Wildman–Crippen LogP) is 1.61. The van der Waals surface area contributed by atoms with E-state index in [0.717, 1.165) is 5.56 Å². The fourth-order valence-electron chi connectivity index (χ4n) is 1.27. The lowest BCUT2D eigenvalue weighted by atomic mass is 10.1. The number of hydrogen-bond donors (Lipinski definition) is 2. The highest BCUT2D eigenvalue weighted by molar-refractivity contribution is 5.23. The van der Waals surface area contributed by atoms with Crippen molar-refractivity contribution in [2.45, 2.75) is 19.9 Å². The Balaban J connectivity index is 2.45. The van der Waals surface area contributed by atoms with Gasteiger partial charge in [-0.25, -0.2) is 4.39 Å². The van der Waals surface area contributed by atoms with Gasteiger partial charge in [0.05, 0.1) is 0 Å². The van der Waals surface area contributed by atoms with Crippen LogP contribution in [-0.2, 0) is 6.54 Å². The predicted molar refractivity (Wildman–Crippen MR) is 54.5 cm³/mol. The third-order valence-corrected chi connectivity index (χ3v) is 2.03. The molecule has 0 amide bonds. The van der Waals surface area contributed by atoms with E-state index >= 15 is 0 Å². The lowest BCUT2D eigenvalue weighted by Gasteiger charge is -2.05. The van der Waals surface area contributed by atoms with Gasteiger partial charge in [-0.05, 0) is 26.0 Å². The second-order valence-corrected chi connectivity index (χ2v) is 3.35. The van der Waals surface area contributed by atoms with E-state index in [4.69, 9.17) is 5.11 Å². The van der Waals surface area contributed by atoms with Gasteiger partial charge in [0.1, 0.15) is 5.82 Å². The highest BCUT2D eigenvalue weighted by atomic mass is 19.1. The SMILES string of the molecule is Cc1ccc(F)c(CNCCCO)c1. The Labute approximate surface area is 83.8 Å². The van der Waals surface area contributed by atoms with Gasteiger partial charge in [0, 0.05) is 18.7 Å². The highest BCUT2D eigenvalue weighted by Gasteiger charge is 2.00. The van der Waals surface area contributed by atoms with Crippen molar-refractivity contribution < 1.29 is 9.50 Å². The average Bonchev–Trinajstić information content (AvgIpc) is 2.18. The van der Waals surface area contributed by atoms with Gasteiger partial charge >= 0.3 is 0 Å². The zero-order chi connectivity index (χ0) is 10.4. The first-order chi connectivity index (χ1) is 6.74. The summed E-state index contributed by atoms with van der Waals surface area (Å²) in [6.07, 6.45) is 0.702. The largest absolute Gasteiger partial charge is 0.396 e. The Bertz CT molecular complexity index is 289. The zero-order valence-corrected chi connectivity index (χ0v) is 8.39. The van der Waals surface area contributed by atoms with E-state index in [9.17, 15) is 4.39 Å². The third-order valence-electron chi connectivity index (χ3n) is 2.03. The van der Waals surface area contributed by atoms with Crippen LogP contribution < -0.4 is 5.32 Å². The first kappa shape index (κ1) is 11.1. The van der Waals surface area contributed by atoms with Crippen LogP contribution in [0.3, 0.4) is 0 Å². The van der Waals surface area contributed by atoms with Crippen LogP contribution in [0.5, 0.6) is 0 Å². The Kier molecular flexibility index (Phi) is 4.56. The maximum atomic E-state index is 13.2. The molecule has 0 spiro atoms. The van der Waals surface area contributed by atoms with Crippen LogP contribution in [0.4, 0.5) is 4.39 Å². The van der Waals surface area contributed by atoms with Crippen molar-refractivity contribution in [3.8, 4) is 0 Å². The summed E-state index contributed by atoms with van der Waals surface area (Å²) in [5, 5.41) is 11.6. The van der Waals surface area contributed by atoms with Gasteiger partial charge in [-0.3, -0.25) is 0 Å². The van der Waals surface area contributed by atoms with E-state index in [1.165, 1.54) is 6.07 Å². The van der Waals surface area contributed by atoms with Gasteiger partial charge in [0.2, 0.25) is 0 Å². The number of aryl methyl sites for hydroxylation is 1. The van der Waals surface area contributed by atoms with Crippen LogP contribution in [0, 0.1) is 12.7 Å². The number of benzene rings is 1. The molecule has 0 heterocycles. The van der Waals surface area contributed by atoms with Crippen LogP contribution in [0.1, 0.15) is 17.5 Å². The summed E-state index contributed by atoms with van der Waals surface area (Å²) in [5.74, 6) is -0.174. The molecule has 1 rings (SSSR count). The van der Waals surface area contributed by atoms with Gasteiger partial charge in [-0.2, -0.15) is 0 Å². The van der Waals surface area contributed by atoms with Crippen molar-refractivity contribution >= 4 is 0 Å². The minimum atomic E-state index is -0.174. The Hall–Kier alpha value is -0.930. The van der Waals surface area contributed by atoms with Crippen LogP contribution in [-0.4, -0.2) is 18.3 Å². The molecule has 14 heavy (non-hydrogen) atoms. The molecule has 0 saturated carbocycles. The molecule has 3 heteroatoms. The topological polar surface area (TPSA) is 32.3 Å². The van der Waals surface area contributed by atoms with Gasteiger partial charge in [-0.1, -0.05) is 17.7 Å². The highest BCUT2D eigenvalue weighted by Crippen LogP contribution is 2.09. The molecule has 0 radical (unpaired) electrons. The van der Waals surface area contributed by atoms with Crippen LogP contribution >= 0.6 is 0 Å². The van der Waals surface area contributed by atoms with E-state index in [0.29, 0.717) is 25.1 Å². The van der Waals surface area contributed by atoms with E-state index in [1.54, 1.807) is 6.07 Å². The monoisotopic (exact) mass is 197 g/mol. The van der Waals surface area contributed by atoms with Gasteiger partial charge < -0.3 is 10.4 Å². The summed E-state index contributed by atoms with van der Waals surface area (Å²) < 4.78 is 13.2. The van der Waals surface area contributed by atoms with Gasteiger partial charge in [-0.15, -0.1) is 0 Å². The molecule has 0 saturated heterocycles. The molecular formula is C11H16FNO. The van der Waals surface area contributed by atoms with E-state index in [-0.39, 0.29) is 12.4 Å². The second-order valence-electron chi connectivity index (χ2n) is 3.35. The molecular weight excluding hydrogens is 181 g/mol. The maximum absolute atomic E-state index is 13.2. The van der Waals surface area contributed by atoms with Crippen LogP contribution in [0.15, 0.2) is 18.2 Å². The van der Waals surface area contributed by atoms with Gasteiger partial charge in [0.25, 0.3) is 0 Å². The summed E-state index contributed by atoms with van der Waals surface area (Å²) >= 11 is 0. The summed E-state index contributed by atoms with van der Waals surface area (Å²) in [6.45, 7) is 3.34. The fourth-order valence-corrected chi connectivity index (χ4v) is 1.27. The van der Waals surface area contributed by atoms with Crippen molar-refractivity contribution in [1.82, 2.24) is 5.32 Å². The number of rotatable bonds is 5. The average molecular weight is 197 g/mol. The van der Waals surface area contributed by atoms with Crippen molar-refractivity contribution in [3.05, 3.63) is 35.1 Å². The molecule has 0 atom stereocenters. The lowest BCUT2D eigenvalue weighted by molar-refractivity contribution is 0.286. The molecule has 1 aromatic carbocycles. The third kappa shape index (κ3) is 3.44. The van der Waals surface area contributed by atoms with Crippen LogP contribution in [0.25, 0.3) is 0 Å². The van der Waals surface area contributed by atoms with Crippen molar-refractivity contribution in [2.75, 3.05) is 13.2 Å². The molecule has 0 aliphatic carbocycles. The maximum Gasteiger partial charge on any atom is 0.127 e. The van der Waals surface area contributed by atoms with Crippen LogP contribution in [0.2, 0.25) is 0 Å². The molecule has 2 N–H and O–H groups in total. The Morgan fingerprint density at radius 1 is 1.43 bits per heavy atom. The van der Waals surface area contributed by atoms with E-state index < -0.39 is 0 Å². The summed E-state index contributed by atoms with van der Waals surface area (Å²) in [4.78, 5) is 0. The normalized spacial score (nSPS) is 10.5. The molecule has 0 unspecified atom stereocenters. The van der Waals surface area contributed by atoms with E-state index in [2.05, 4.69) is 5.32 Å². The summed E-state index contributed by atoms with van der Waals surface area (Å²) in [6, 6.07) is 5.08. The van der Waals surface area contributed by atoms with E-state index in [1.807, 2.05) is 13.0 Å². The quantitative estimate of drug-likeness (QED) is 0.703. The molecule has 0 bridgehead atoms. The molecule has 78 valence electrons. The number of aliphatic hydroxyl groups is 1. The fraction of sp³-hybridized carbons (Fsp3) is 0.455. The standard InChI is InChI=1S/C11H16FNO/c1-9-3-4-11(12)10(7-9)8-13-5-2-6-14/h3-4,7,13-14H,2,5-6,8H2,1H3.